The Balaban J connectivity index is 1.67. The normalized spacial score (nSPS) is 14.9. The van der Waals surface area contributed by atoms with Crippen LogP contribution >= 0.6 is 23.2 Å². The van der Waals surface area contributed by atoms with E-state index in [1.807, 2.05) is 12.1 Å². The second-order valence-electron chi connectivity index (χ2n) is 5.23. The van der Waals surface area contributed by atoms with E-state index in [2.05, 4.69) is 19.9 Å². The van der Waals surface area contributed by atoms with Gasteiger partial charge in [-0.1, -0.05) is 23.2 Å². The monoisotopic (exact) mass is 351 g/mol. The van der Waals surface area contributed by atoms with Crippen LogP contribution in [0.4, 0.5) is 5.82 Å². The molecule has 0 unspecified atom stereocenters. The number of hydrogen-bond acceptors (Lipinski definition) is 5. The van der Waals surface area contributed by atoms with Crippen molar-refractivity contribution in [2.45, 2.75) is 6.92 Å². The quantitative estimate of drug-likeness (QED) is 0.831. The summed E-state index contributed by atoms with van der Waals surface area (Å²) in [6.07, 6.45) is 3.09. The number of pyridine rings is 1. The average molecular weight is 352 g/mol. The zero-order valence-corrected chi connectivity index (χ0v) is 14.0. The summed E-state index contributed by atoms with van der Waals surface area (Å²) >= 11 is 11.9. The molecule has 6 nitrogen and oxygen atoms in total. The molecule has 120 valence electrons. The van der Waals surface area contributed by atoms with E-state index in [1.54, 1.807) is 18.0 Å². The standard InChI is InChI=1S/C15H15Cl2N5O/c1-10-18-9-12(17)14(20-10)15(23)22-6-4-21(5-7-22)13-3-2-11(16)8-19-13/h2-3,8-9H,4-7H2,1H3. The van der Waals surface area contributed by atoms with Gasteiger partial charge in [0, 0.05) is 32.4 Å². The molecule has 1 amide bonds. The van der Waals surface area contributed by atoms with Crippen molar-refractivity contribution in [1.82, 2.24) is 19.9 Å². The molecule has 0 N–H and O–H groups in total. The molecule has 0 spiro atoms. The van der Waals surface area contributed by atoms with Gasteiger partial charge in [0.25, 0.3) is 5.91 Å². The van der Waals surface area contributed by atoms with E-state index in [0.29, 0.717) is 37.0 Å². The molecule has 23 heavy (non-hydrogen) atoms. The Morgan fingerprint density at radius 3 is 2.48 bits per heavy atom. The Bertz CT molecular complexity index is 714. The Morgan fingerprint density at radius 1 is 1.09 bits per heavy atom. The highest BCUT2D eigenvalue weighted by Crippen LogP contribution is 2.19. The summed E-state index contributed by atoms with van der Waals surface area (Å²) in [7, 11) is 0. The van der Waals surface area contributed by atoms with Gasteiger partial charge >= 0.3 is 0 Å². The molecule has 0 radical (unpaired) electrons. The molecular weight excluding hydrogens is 337 g/mol. The molecule has 3 heterocycles. The van der Waals surface area contributed by atoms with Gasteiger partial charge in [0.2, 0.25) is 0 Å². The van der Waals surface area contributed by atoms with Gasteiger partial charge in [0.1, 0.15) is 11.6 Å². The van der Waals surface area contributed by atoms with Gasteiger partial charge in [-0.15, -0.1) is 0 Å². The van der Waals surface area contributed by atoms with E-state index in [9.17, 15) is 4.79 Å². The first-order chi connectivity index (χ1) is 11.0. The molecule has 2 aromatic rings. The maximum atomic E-state index is 12.6. The van der Waals surface area contributed by atoms with Gasteiger partial charge in [0.15, 0.2) is 5.69 Å². The number of carbonyl (C=O) groups excluding carboxylic acids is 1. The van der Waals surface area contributed by atoms with E-state index in [1.165, 1.54) is 6.20 Å². The fourth-order valence-corrected chi connectivity index (χ4v) is 2.73. The third-order valence-corrected chi connectivity index (χ3v) is 4.17. The number of amides is 1. The fraction of sp³-hybridized carbons (Fsp3) is 0.333. The second-order valence-corrected chi connectivity index (χ2v) is 6.07. The average Bonchev–Trinajstić information content (AvgIpc) is 2.57. The predicted molar refractivity (Wildman–Crippen MR) is 89.1 cm³/mol. The zero-order chi connectivity index (χ0) is 16.4. The largest absolute Gasteiger partial charge is 0.353 e. The molecule has 1 fully saturated rings. The minimum absolute atomic E-state index is 0.163. The van der Waals surface area contributed by atoms with Crippen molar-refractivity contribution in [3.63, 3.8) is 0 Å². The maximum Gasteiger partial charge on any atom is 0.274 e. The maximum absolute atomic E-state index is 12.6. The van der Waals surface area contributed by atoms with E-state index in [4.69, 9.17) is 23.2 Å². The molecule has 0 atom stereocenters. The molecule has 0 aliphatic carbocycles. The Hall–Kier alpha value is -1.92. The van der Waals surface area contributed by atoms with Crippen LogP contribution in [-0.2, 0) is 0 Å². The summed E-state index contributed by atoms with van der Waals surface area (Å²) < 4.78 is 0. The van der Waals surface area contributed by atoms with Crippen molar-refractivity contribution >= 4 is 34.9 Å². The highest BCUT2D eigenvalue weighted by atomic mass is 35.5. The number of nitrogens with zero attached hydrogens (tertiary/aromatic N) is 5. The first-order valence-electron chi connectivity index (χ1n) is 7.19. The summed E-state index contributed by atoms with van der Waals surface area (Å²) in [6.45, 7) is 4.30. The molecule has 1 aliphatic heterocycles. The lowest BCUT2D eigenvalue weighted by molar-refractivity contribution is 0.0740. The van der Waals surface area contributed by atoms with Gasteiger partial charge in [0.05, 0.1) is 16.2 Å². The van der Waals surface area contributed by atoms with Crippen molar-refractivity contribution in [3.8, 4) is 0 Å². The van der Waals surface area contributed by atoms with Crippen LogP contribution in [0.2, 0.25) is 10.0 Å². The lowest BCUT2D eigenvalue weighted by Gasteiger charge is -2.35. The summed E-state index contributed by atoms with van der Waals surface area (Å²) in [6, 6.07) is 3.69. The number of carbonyl (C=O) groups is 1. The number of aromatic nitrogens is 3. The first kappa shape index (κ1) is 16.0. The lowest BCUT2D eigenvalue weighted by atomic mass is 10.2. The van der Waals surface area contributed by atoms with Crippen LogP contribution in [0.1, 0.15) is 16.3 Å². The van der Waals surface area contributed by atoms with E-state index in [-0.39, 0.29) is 16.6 Å². The second kappa shape index (κ2) is 6.68. The number of aryl methyl sites for hydroxylation is 1. The van der Waals surface area contributed by atoms with Crippen LogP contribution in [0.25, 0.3) is 0 Å². The van der Waals surface area contributed by atoms with Crippen molar-refractivity contribution < 1.29 is 4.79 Å². The molecule has 0 aromatic carbocycles. The molecule has 2 aromatic heterocycles. The van der Waals surface area contributed by atoms with Crippen LogP contribution in [0, 0.1) is 6.92 Å². The van der Waals surface area contributed by atoms with Crippen molar-refractivity contribution in [2.75, 3.05) is 31.1 Å². The van der Waals surface area contributed by atoms with Crippen LogP contribution < -0.4 is 4.90 Å². The van der Waals surface area contributed by atoms with E-state index >= 15 is 0 Å². The van der Waals surface area contributed by atoms with Crippen molar-refractivity contribution in [2.24, 2.45) is 0 Å². The molecule has 8 heteroatoms. The molecular formula is C15H15Cl2N5O. The van der Waals surface area contributed by atoms with Crippen molar-refractivity contribution in [1.29, 1.82) is 0 Å². The lowest BCUT2D eigenvalue weighted by Crippen LogP contribution is -2.49. The number of rotatable bonds is 2. The highest BCUT2D eigenvalue weighted by Gasteiger charge is 2.25. The minimum Gasteiger partial charge on any atom is -0.353 e. The number of piperazine rings is 1. The number of halogens is 2. The summed E-state index contributed by atoms with van der Waals surface area (Å²) in [5, 5.41) is 0.888. The van der Waals surface area contributed by atoms with E-state index < -0.39 is 0 Å². The van der Waals surface area contributed by atoms with Gasteiger partial charge in [-0.25, -0.2) is 15.0 Å². The van der Waals surface area contributed by atoms with Gasteiger partial charge in [-0.2, -0.15) is 0 Å². The van der Waals surface area contributed by atoms with Crippen LogP contribution in [-0.4, -0.2) is 51.9 Å². The zero-order valence-electron chi connectivity index (χ0n) is 12.5. The highest BCUT2D eigenvalue weighted by molar-refractivity contribution is 6.33. The Labute approximate surface area is 144 Å². The Kier molecular flexibility index (Phi) is 4.63. The van der Waals surface area contributed by atoms with Gasteiger partial charge < -0.3 is 9.80 Å². The van der Waals surface area contributed by atoms with Crippen molar-refractivity contribution in [3.05, 3.63) is 46.1 Å². The summed E-state index contributed by atoms with van der Waals surface area (Å²) in [5.41, 5.74) is 0.261. The first-order valence-corrected chi connectivity index (χ1v) is 7.95. The predicted octanol–water partition coefficient (Wildman–Crippen LogP) is 2.45. The third kappa shape index (κ3) is 3.54. The summed E-state index contributed by atoms with van der Waals surface area (Å²) in [5.74, 6) is 1.23. The van der Waals surface area contributed by atoms with Crippen LogP contribution in [0.3, 0.4) is 0 Å². The third-order valence-electron chi connectivity index (χ3n) is 3.67. The molecule has 1 aliphatic rings. The smallest absolute Gasteiger partial charge is 0.274 e. The SMILES string of the molecule is Cc1ncc(Cl)c(C(=O)N2CCN(c3ccc(Cl)cn3)CC2)n1. The topological polar surface area (TPSA) is 62.2 Å². The molecule has 0 saturated carbocycles. The summed E-state index contributed by atoms with van der Waals surface area (Å²) in [4.78, 5) is 28.9. The number of anilines is 1. The van der Waals surface area contributed by atoms with Gasteiger partial charge in [-0.05, 0) is 19.1 Å². The van der Waals surface area contributed by atoms with E-state index in [0.717, 1.165) is 5.82 Å². The molecule has 0 bridgehead atoms. The minimum atomic E-state index is -0.163. The van der Waals surface area contributed by atoms with Gasteiger partial charge in [-0.3, -0.25) is 4.79 Å². The number of hydrogen-bond donors (Lipinski definition) is 0. The fourth-order valence-electron chi connectivity index (χ4n) is 2.45. The van der Waals surface area contributed by atoms with Crippen LogP contribution in [0.15, 0.2) is 24.5 Å². The van der Waals surface area contributed by atoms with Crippen LogP contribution in [0.5, 0.6) is 0 Å². The Morgan fingerprint density at radius 2 is 1.83 bits per heavy atom. The molecule has 1 saturated heterocycles. The molecule has 3 rings (SSSR count).